The second kappa shape index (κ2) is 21.3. The summed E-state index contributed by atoms with van der Waals surface area (Å²) in [6, 6.07) is 21.8. The molecule has 1 saturated heterocycles. The van der Waals surface area contributed by atoms with Crippen molar-refractivity contribution in [1.29, 1.82) is 0 Å². The SMILES string of the molecule is COc1cccc([C@@]2(O)CCCC[C@@H]2CN(C)C)c1.Cc1c(O)cccc1C(=O)N[C@@H](CSc1ccccc1)[C@H](O)CN1C[C@H]2CCCC[C@H]2C[C@H]1C(=O)NC(C)(C)C. The number of ether oxygens (including phenoxy) is 1. The molecule has 59 heavy (non-hydrogen) atoms. The molecule has 2 amide bonds. The van der Waals surface area contributed by atoms with Crippen molar-refractivity contribution in [3.63, 3.8) is 0 Å². The zero-order valence-corrected chi connectivity index (χ0v) is 37.3. The van der Waals surface area contributed by atoms with Gasteiger partial charge in [-0.15, -0.1) is 11.8 Å². The number of benzene rings is 3. The maximum absolute atomic E-state index is 13.5. The minimum Gasteiger partial charge on any atom is -0.508 e. The number of β-amino-alcohol motifs (C(OH)–C–C–N with tert-alkyl or cyclic N) is 1. The number of hydrogen-bond donors (Lipinski definition) is 5. The van der Waals surface area contributed by atoms with Crippen molar-refractivity contribution < 1.29 is 29.6 Å². The fourth-order valence-electron chi connectivity index (χ4n) is 9.25. The van der Waals surface area contributed by atoms with E-state index in [-0.39, 0.29) is 29.1 Å². The maximum Gasteiger partial charge on any atom is 0.252 e. The smallest absolute Gasteiger partial charge is 0.252 e. The number of aliphatic hydroxyl groups excluding tert-OH is 1. The molecule has 0 unspecified atom stereocenters. The van der Waals surface area contributed by atoms with E-state index in [0.717, 1.165) is 67.8 Å². The third kappa shape index (κ3) is 12.9. The number of amides is 2. The average molecular weight is 831 g/mol. The molecule has 0 radical (unpaired) electrons. The van der Waals surface area contributed by atoms with E-state index in [0.29, 0.717) is 41.2 Å². The molecule has 2 aliphatic carbocycles. The van der Waals surface area contributed by atoms with Crippen LogP contribution in [0.5, 0.6) is 11.5 Å². The molecular formula is C48H70N4O6S. The largest absolute Gasteiger partial charge is 0.508 e. The third-order valence-electron chi connectivity index (χ3n) is 12.4. The summed E-state index contributed by atoms with van der Waals surface area (Å²) in [5.41, 5.74) is 0.831. The van der Waals surface area contributed by atoms with Gasteiger partial charge in [-0.1, -0.05) is 68.5 Å². The van der Waals surface area contributed by atoms with E-state index >= 15 is 0 Å². The van der Waals surface area contributed by atoms with E-state index in [2.05, 4.69) is 34.5 Å². The number of nitrogens with one attached hydrogen (secondary N) is 2. The van der Waals surface area contributed by atoms with Crippen molar-refractivity contribution in [3.05, 3.63) is 89.5 Å². The molecule has 0 aromatic heterocycles. The van der Waals surface area contributed by atoms with Crippen LogP contribution in [-0.4, -0.2) is 107 Å². The predicted octanol–water partition coefficient (Wildman–Crippen LogP) is 7.38. The minimum atomic E-state index is -0.886. The molecule has 5 N–H and O–H groups in total. The van der Waals surface area contributed by atoms with Crippen LogP contribution in [0.15, 0.2) is 77.7 Å². The number of fused-ring (bicyclic) bond motifs is 1. The number of methoxy groups -OCH3 is 1. The van der Waals surface area contributed by atoms with Gasteiger partial charge in [0.05, 0.1) is 30.9 Å². The van der Waals surface area contributed by atoms with Gasteiger partial charge in [-0.2, -0.15) is 0 Å². The predicted molar refractivity (Wildman–Crippen MR) is 238 cm³/mol. The summed E-state index contributed by atoms with van der Waals surface area (Å²) in [5, 5.41) is 39.2. The van der Waals surface area contributed by atoms with E-state index in [9.17, 15) is 24.9 Å². The number of thioether (sulfide) groups is 1. The van der Waals surface area contributed by atoms with Crippen LogP contribution in [0.3, 0.4) is 0 Å². The Hall–Kier alpha value is -3.61. The molecule has 3 aromatic rings. The second-order valence-corrected chi connectivity index (χ2v) is 19.4. The number of phenols is 1. The number of hydrogen-bond acceptors (Lipinski definition) is 9. The van der Waals surface area contributed by atoms with E-state index in [4.69, 9.17) is 4.74 Å². The van der Waals surface area contributed by atoms with Gasteiger partial charge in [0, 0.05) is 52.9 Å². The van der Waals surface area contributed by atoms with Gasteiger partial charge < -0.3 is 35.6 Å². The summed E-state index contributed by atoms with van der Waals surface area (Å²) in [5.74, 6) is 2.39. The van der Waals surface area contributed by atoms with Gasteiger partial charge in [0.2, 0.25) is 5.91 Å². The quantitative estimate of drug-likeness (QED) is 0.112. The first-order valence-corrected chi connectivity index (χ1v) is 22.6. The molecule has 3 aromatic carbocycles. The molecule has 11 heteroatoms. The van der Waals surface area contributed by atoms with E-state index in [1.165, 1.54) is 19.3 Å². The number of aromatic hydroxyl groups is 1. The van der Waals surface area contributed by atoms with Crippen LogP contribution < -0.4 is 15.4 Å². The zero-order chi connectivity index (χ0) is 42.7. The highest BCUT2D eigenvalue weighted by Gasteiger charge is 2.42. The van der Waals surface area contributed by atoms with E-state index in [1.54, 1.807) is 44.0 Å². The summed E-state index contributed by atoms with van der Waals surface area (Å²) in [4.78, 5) is 32.2. The van der Waals surface area contributed by atoms with Gasteiger partial charge in [-0.3, -0.25) is 14.5 Å². The molecule has 2 saturated carbocycles. The molecule has 3 aliphatic rings. The zero-order valence-electron chi connectivity index (χ0n) is 36.5. The molecule has 1 heterocycles. The first-order chi connectivity index (χ1) is 28.1. The van der Waals surface area contributed by atoms with Gasteiger partial charge in [-0.05, 0) is 121 Å². The first kappa shape index (κ1) is 46.5. The number of aliphatic hydroxyl groups is 2. The van der Waals surface area contributed by atoms with Gasteiger partial charge in [0.1, 0.15) is 11.5 Å². The van der Waals surface area contributed by atoms with Crippen molar-refractivity contribution in [3.8, 4) is 11.5 Å². The van der Waals surface area contributed by atoms with Crippen LogP contribution in [0.25, 0.3) is 0 Å². The molecule has 0 spiro atoms. The number of piperidine rings is 1. The lowest BCUT2D eigenvalue weighted by atomic mass is 9.71. The number of rotatable bonds is 13. The molecule has 1 aliphatic heterocycles. The van der Waals surface area contributed by atoms with Gasteiger partial charge in [0.25, 0.3) is 5.91 Å². The normalized spacial score (nSPS) is 24.5. The van der Waals surface area contributed by atoms with Gasteiger partial charge >= 0.3 is 0 Å². The number of nitrogens with zero attached hydrogens (tertiary/aromatic N) is 2. The monoisotopic (exact) mass is 831 g/mol. The fourth-order valence-corrected chi connectivity index (χ4v) is 10.3. The fraction of sp³-hybridized carbons (Fsp3) is 0.583. The van der Waals surface area contributed by atoms with Gasteiger partial charge in [0.15, 0.2) is 0 Å². The molecule has 324 valence electrons. The Kier molecular flexibility index (Phi) is 16.7. The Morgan fingerprint density at radius 3 is 2.36 bits per heavy atom. The summed E-state index contributed by atoms with van der Waals surface area (Å²) >= 11 is 1.57. The van der Waals surface area contributed by atoms with Crippen LogP contribution >= 0.6 is 11.8 Å². The summed E-state index contributed by atoms with van der Waals surface area (Å²) in [7, 11) is 5.81. The highest BCUT2D eigenvalue weighted by atomic mass is 32.2. The van der Waals surface area contributed by atoms with Crippen LogP contribution in [0.1, 0.15) is 100 Å². The van der Waals surface area contributed by atoms with Crippen molar-refractivity contribution in [2.75, 3.05) is 46.6 Å². The third-order valence-corrected chi connectivity index (χ3v) is 13.6. The molecule has 10 nitrogen and oxygen atoms in total. The Balaban J connectivity index is 0.000000290. The molecular weight excluding hydrogens is 761 g/mol. The Morgan fingerprint density at radius 1 is 0.966 bits per heavy atom. The molecule has 7 atom stereocenters. The number of carbonyl (C=O) groups is 2. The second-order valence-electron chi connectivity index (χ2n) is 18.3. The van der Waals surface area contributed by atoms with Crippen LogP contribution in [-0.2, 0) is 10.4 Å². The minimum absolute atomic E-state index is 0.0124. The Bertz CT molecular complexity index is 1800. The summed E-state index contributed by atoms with van der Waals surface area (Å²) in [6.45, 7) is 9.69. The van der Waals surface area contributed by atoms with Crippen molar-refractivity contribution in [1.82, 2.24) is 20.4 Å². The van der Waals surface area contributed by atoms with Crippen molar-refractivity contribution >= 4 is 23.6 Å². The van der Waals surface area contributed by atoms with Crippen LogP contribution in [0.2, 0.25) is 0 Å². The van der Waals surface area contributed by atoms with Crippen molar-refractivity contribution in [2.24, 2.45) is 17.8 Å². The van der Waals surface area contributed by atoms with E-state index in [1.807, 2.05) is 75.4 Å². The highest BCUT2D eigenvalue weighted by Crippen LogP contribution is 2.43. The maximum atomic E-state index is 13.5. The molecule has 6 rings (SSSR count). The lowest BCUT2D eigenvalue weighted by molar-refractivity contribution is -0.132. The lowest BCUT2D eigenvalue weighted by Crippen LogP contribution is -2.60. The molecule has 3 fully saturated rings. The van der Waals surface area contributed by atoms with Crippen molar-refractivity contribution in [2.45, 2.75) is 120 Å². The van der Waals surface area contributed by atoms with Gasteiger partial charge in [-0.25, -0.2) is 0 Å². The Labute approximate surface area is 357 Å². The van der Waals surface area contributed by atoms with Crippen LogP contribution in [0.4, 0.5) is 0 Å². The summed E-state index contributed by atoms with van der Waals surface area (Å²) in [6.07, 6.45) is 8.91. The first-order valence-electron chi connectivity index (χ1n) is 21.6. The van der Waals surface area contributed by atoms with Crippen LogP contribution in [0, 0.1) is 24.7 Å². The number of phenolic OH excluding ortho intramolecular Hbond substituents is 1. The standard InChI is InChI=1S/C32H45N3O4S.C16H25NO2/c1-21-25(15-10-16-28(21)36)30(38)33-26(20-40-24-13-6-5-7-14-24)29(37)19-35-18-23-12-9-8-11-22(23)17-27(35)31(39)34-32(2,3)4;1-17(2)12-14-7-4-5-10-16(14,18)13-8-6-9-15(11-13)19-3/h5-7,10,13-16,22-23,26-27,29,36-37H,8-9,11-12,17-20H2,1-4H3,(H,33,38)(H,34,39);6,8-9,11,14,18H,4-5,7,10,12H2,1-3H3/t22-,23+,26-,27-,29+;14-,16+/m01/s1. The summed E-state index contributed by atoms with van der Waals surface area (Å²) < 4.78 is 5.29. The number of likely N-dealkylation sites (tertiary alicyclic amines) is 1. The topological polar surface area (TPSA) is 135 Å². The Morgan fingerprint density at radius 2 is 1.66 bits per heavy atom. The number of carbonyl (C=O) groups excluding carboxylic acids is 2. The van der Waals surface area contributed by atoms with E-state index < -0.39 is 17.7 Å². The lowest BCUT2D eigenvalue weighted by Gasteiger charge is -2.47. The molecule has 0 bridgehead atoms. The highest BCUT2D eigenvalue weighted by molar-refractivity contribution is 7.99. The average Bonchev–Trinajstić information content (AvgIpc) is 3.20.